The molecule has 2 rings (SSSR count). The third-order valence-electron chi connectivity index (χ3n) is 4.48. The van der Waals surface area contributed by atoms with Crippen molar-refractivity contribution in [1.82, 2.24) is 5.32 Å². The van der Waals surface area contributed by atoms with Crippen molar-refractivity contribution in [3.05, 3.63) is 0 Å². The van der Waals surface area contributed by atoms with Gasteiger partial charge in [0.15, 0.2) is 0 Å². The predicted molar refractivity (Wildman–Crippen MR) is 64.7 cm³/mol. The van der Waals surface area contributed by atoms with Crippen molar-refractivity contribution >= 4 is 5.97 Å². The van der Waals surface area contributed by atoms with Gasteiger partial charge in [-0.05, 0) is 31.6 Å². The number of carboxylic acids is 1. The van der Waals surface area contributed by atoms with E-state index in [-0.39, 0.29) is 24.1 Å². The van der Waals surface area contributed by atoms with Gasteiger partial charge in [0.2, 0.25) is 0 Å². The summed E-state index contributed by atoms with van der Waals surface area (Å²) >= 11 is 0. The molecule has 3 N–H and O–H groups in total. The van der Waals surface area contributed by atoms with Crippen molar-refractivity contribution < 1.29 is 15.0 Å². The van der Waals surface area contributed by atoms with E-state index < -0.39 is 5.97 Å². The summed E-state index contributed by atoms with van der Waals surface area (Å²) in [4.78, 5) is 11.0. The number of aliphatic hydroxyl groups is 1. The van der Waals surface area contributed by atoms with Gasteiger partial charge in [-0.1, -0.05) is 19.8 Å². The first-order chi connectivity index (χ1) is 8.06. The van der Waals surface area contributed by atoms with Crippen LogP contribution in [0, 0.1) is 11.8 Å². The Bertz CT molecular complexity index is 294. The van der Waals surface area contributed by atoms with E-state index in [0.29, 0.717) is 5.92 Å². The highest BCUT2D eigenvalue weighted by molar-refractivity contribution is 5.72. The van der Waals surface area contributed by atoms with Crippen LogP contribution >= 0.6 is 0 Å². The molecule has 0 aromatic heterocycles. The quantitative estimate of drug-likeness (QED) is 0.695. The molecule has 2 fully saturated rings. The van der Waals surface area contributed by atoms with Crippen molar-refractivity contribution in [1.29, 1.82) is 0 Å². The maximum Gasteiger partial charge on any atom is 0.308 e. The summed E-state index contributed by atoms with van der Waals surface area (Å²) in [5.41, 5.74) is -0.226. The van der Waals surface area contributed by atoms with Crippen LogP contribution in [0.15, 0.2) is 0 Å². The molecule has 0 aromatic rings. The van der Waals surface area contributed by atoms with Gasteiger partial charge in [-0.25, -0.2) is 0 Å². The lowest BCUT2D eigenvalue weighted by molar-refractivity contribution is -0.146. The second-order valence-corrected chi connectivity index (χ2v) is 5.91. The summed E-state index contributed by atoms with van der Waals surface area (Å²) in [6.45, 7) is 2.33. The molecule has 17 heavy (non-hydrogen) atoms. The van der Waals surface area contributed by atoms with Crippen molar-refractivity contribution in [2.45, 2.75) is 57.0 Å². The molecule has 4 nitrogen and oxygen atoms in total. The molecule has 0 spiro atoms. The van der Waals surface area contributed by atoms with Crippen LogP contribution in [-0.4, -0.2) is 34.4 Å². The summed E-state index contributed by atoms with van der Waals surface area (Å²) in [6, 6.07) is 0.0601. The van der Waals surface area contributed by atoms with E-state index in [0.717, 1.165) is 32.1 Å². The van der Waals surface area contributed by atoms with E-state index in [1.54, 1.807) is 0 Å². The number of hydrogen-bond acceptors (Lipinski definition) is 3. The summed E-state index contributed by atoms with van der Waals surface area (Å²) in [6.07, 6.45) is 5.97. The summed E-state index contributed by atoms with van der Waals surface area (Å²) < 4.78 is 0. The fourth-order valence-corrected chi connectivity index (χ4v) is 3.34. The van der Waals surface area contributed by atoms with Crippen molar-refractivity contribution in [2.24, 2.45) is 11.8 Å². The van der Waals surface area contributed by atoms with Crippen molar-refractivity contribution in [3.63, 3.8) is 0 Å². The molecule has 98 valence electrons. The standard InChI is InChI=1S/C13H23NO3/c1-9-3-2-6-13(7-9,8-15)14-11-5-4-10(11)12(16)17/h9-11,14-15H,2-8H2,1H3,(H,16,17). The van der Waals surface area contributed by atoms with Crippen molar-refractivity contribution in [2.75, 3.05) is 6.61 Å². The Morgan fingerprint density at radius 3 is 2.65 bits per heavy atom. The highest BCUT2D eigenvalue weighted by atomic mass is 16.4. The van der Waals surface area contributed by atoms with E-state index in [4.69, 9.17) is 5.11 Å². The van der Waals surface area contributed by atoms with Gasteiger partial charge in [-0.3, -0.25) is 4.79 Å². The Balaban J connectivity index is 1.97. The third kappa shape index (κ3) is 2.63. The van der Waals surface area contributed by atoms with Crippen LogP contribution in [0.25, 0.3) is 0 Å². The Labute approximate surface area is 102 Å². The number of aliphatic hydroxyl groups excluding tert-OH is 1. The van der Waals surface area contributed by atoms with Crippen LogP contribution in [0.5, 0.6) is 0 Å². The second-order valence-electron chi connectivity index (χ2n) is 5.91. The number of rotatable bonds is 4. The second kappa shape index (κ2) is 4.94. The van der Waals surface area contributed by atoms with Gasteiger partial charge in [0.1, 0.15) is 0 Å². The van der Waals surface area contributed by atoms with Gasteiger partial charge in [-0.2, -0.15) is 0 Å². The van der Waals surface area contributed by atoms with Gasteiger partial charge in [-0.15, -0.1) is 0 Å². The summed E-state index contributed by atoms with van der Waals surface area (Å²) in [5.74, 6) is -0.340. The SMILES string of the molecule is CC1CCCC(CO)(NC2CCC2C(=O)O)C1. The molecule has 0 aliphatic heterocycles. The molecule has 0 heterocycles. The lowest BCUT2D eigenvalue weighted by Crippen LogP contribution is -2.60. The molecular weight excluding hydrogens is 218 g/mol. The maximum absolute atomic E-state index is 11.0. The van der Waals surface area contributed by atoms with Crippen LogP contribution in [0.1, 0.15) is 45.4 Å². The van der Waals surface area contributed by atoms with E-state index >= 15 is 0 Å². The lowest BCUT2D eigenvalue weighted by atomic mass is 9.73. The molecule has 4 atom stereocenters. The van der Waals surface area contributed by atoms with Gasteiger partial charge >= 0.3 is 5.97 Å². The van der Waals surface area contributed by atoms with Crippen LogP contribution in [-0.2, 0) is 4.79 Å². The van der Waals surface area contributed by atoms with E-state index in [1.807, 2.05) is 0 Å². The normalized spacial score (nSPS) is 41.9. The lowest BCUT2D eigenvalue weighted by Gasteiger charge is -2.46. The zero-order valence-corrected chi connectivity index (χ0v) is 10.5. The highest BCUT2D eigenvalue weighted by Gasteiger charge is 2.43. The van der Waals surface area contributed by atoms with E-state index in [1.165, 1.54) is 6.42 Å². The fourth-order valence-electron chi connectivity index (χ4n) is 3.34. The van der Waals surface area contributed by atoms with Crippen LogP contribution in [0.2, 0.25) is 0 Å². The molecule has 0 amide bonds. The molecule has 0 bridgehead atoms. The molecule has 2 saturated carbocycles. The minimum absolute atomic E-state index is 0.0601. The Hall–Kier alpha value is -0.610. The highest BCUT2D eigenvalue weighted by Crippen LogP contribution is 2.36. The first kappa shape index (κ1) is 12.8. The molecule has 2 aliphatic carbocycles. The molecule has 2 aliphatic rings. The number of carbonyl (C=O) groups is 1. The number of nitrogens with one attached hydrogen (secondary N) is 1. The first-order valence-electron chi connectivity index (χ1n) is 6.68. The van der Waals surface area contributed by atoms with Gasteiger partial charge in [0.05, 0.1) is 12.5 Å². The third-order valence-corrected chi connectivity index (χ3v) is 4.48. The fraction of sp³-hybridized carbons (Fsp3) is 0.923. The minimum atomic E-state index is -0.703. The van der Waals surface area contributed by atoms with Gasteiger partial charge in [0.25, 0.3) is 0 Å². The number of aliphatic carboxylic acids is 1. The largest absolute Gasteiger partial charge is 0.481 e. The summed E-state index contributed by atoms with van der Waals surface area (Å²) in [7, 11) is 0. The molecule has 0 radical (unpaired) electrons. The smallest absolute Gasteiger partial charge is 0.308 e. The van der Waals surface area contributed by atoms with Crippen LogP contribution in [0.3, 0.4) is 0 Å². The Morgan fingerprint density at radius 1 is 1.41 bits per heavy atom. The van der Waals surface area contributed by atoms with Crippen molar-refractivity contribution in [3.8, 4) is 0 Å². The van der Waals surface area contributed by atoms with E-state index in [2.05, 4.69) is 12.2 Å². The average molecular weight is 241 g/mol. The summed E-state index contributed by atoms with van der Waals surface area (Å²) in [5, 5.41) is 22.1. The molecule has 4 heteroatoms. The Kier molecular flexibility index (Phi) is 3.73. The Morgan fingerprint density at radius 2 is 2.18 bits per heavy atom. The zero-order chi connectivity index (χ0) is 12.5. The molecule has 0 saturated heterocycles. The minimum Gasteiger partial charge on any atom is -0.481 e. The molecular formula is C13H23NO3. The van der Waals surface area contributed by atoms with Gasteiger partial charge in [0, 0.05) is 11.6 Å². The number of carboxylic acid groups (broad SMARTS) is 1. The monoisotopic (exact) mass is 241 g/mol. The van der Waals surface area contributed by atoms with Crippen LogP contribution < -0.4 is 5.32 Å². The van der Waals surface area contributed by atoms with Crippen LogP contribution in [0.4, 0.5) is 0 Å². The zero-order valence-electron chi connectivity index (χ0n) is 10.5. The topological polar surface area (TPSA) is 69.6 Å². The van der Waals surface area contributed by atoms with Gasteiger partial charge < -0.3 is 15.5 Å². The molecule has 0 aromatic carbocycles. The first-order valence-corrected chi connectivity index (χ1v) is 6.68. The average Bonchev–Trinajstić information content (AvgIpc) is 2.24. The molecule has 4 unspecified atom stereocenters. The maximum atomic E-state index is 11.0. The predicted octanol–water partition coefficient (Wildman–Crippen LogP) is 1.38. The number of hydrogen-bond donors (Lipinski definition) is 3. The van der Waals surface area contributed by atoms with E-state index in [9.17, 15) is 9.90 Å².